The van der Waals surface area contributed by atoms with Gasteiger partial charge in [-0.2, -0.15) is 0 Å². The molecule has 3 aromatic rings. The van der Waals surface area contributed by atoms with E-state index >= 15 is 0 Å². The van der Waals surface area contributed by atoms with Crippen LogP contribution < -0.4 is 15.4 Å². The van der Waals surface area contributed by atoms with Gasteiger partial charge in [0.25, 0.3) is 0 Å². The molecule has 0 radical (unpaired) electrons. The lowest BCUT2D eigenvalue weighted by atomic mass is 9.84. The molecule has 11 nitrogen and oxygen atoms in total. The van der Waals surface area contributed by atoms with Crippen molar-refractivity contribution in [3.8, 4) is 16.9 Å². The van der Waals surface area contributed by atoms with Gasteiger partial charge in [0.05, 0.1) is 13.2 Å². The molecule has 2 aromatic heterocycles. The van der Waals surface area contributed by atoms with E-state index in [4.69, 9.17) is 14.5 Å². The lowest BCUT2D eigenvalue weighted by molar-refractivity contribution is 0.0224. The summed E-state index contributed by atoms with van der Waals surface area (Å²) in [6, 6.07) is 12.3. The molecule has 3 heterocycles. The number of hydrogen-bond acceptors (Lipinski definition) is 6. The number of nitrogens with zero attached hydrogens (tertiary/aromatic N) is 4. The van der Waals surface area contributed by atoms with Crippen LogP contribution in [0.3, 0.4) is 0 Å². The maximum atomic E-state index is 12.8. The molecular weight excluding hydrogens is 576 g/mol. The third kappa shape index (κ3) is 8.51. The summed E-state index contributed by atoms with van der Waals surface area (Å²) in [6.45, 7) is 16.9. The predicted octanol–water partition coefficient (Wildman–Crippen LogP) is 5.86. The summed E-state index contributed by atoms with van der Waals surface area (Å²) >= 11 is 0. The number of methoxy groups -OCH3 is 1. The second-order valence-electron chi connectivity index (χ2n) is 13.7. The standard InChI is InChI=1S/C32H48N6O5Si/c1-32(2,3)27-21-36(16-17-38(27)31(40)41)15-14-33-30(39)35-28-13-12-24-25(23-10-8-9-11-26(23)42-4)20-37(29(24)34-28)22-43-18-19-44(5,6)7/h8-13,20,27H,14-19,21-22H2,1-7H3,(H,40,41)(H2,33,34,35,39). The van der Waals surface area contributed by atoms with Gasteiger partial charge in [-0.15, -0.1) is 0 Å². The number of para-hydroxylation sites is 1. The fraction of sp³-hybridized carbons (Fsp3) is 0.531. The Balaban J connectivity index is 1.44. The number of ether oxygens (including phenoxy) is 2. The second-order valence-corrected chi connectivity index (χ2v) is 19.3. The summed E-state index contributed by atoms with van der Waals surface area (Å²) in [5, 5.41) is 16.4. The van der Waals surface area contributed by atoms with Crippen molar-refractivity contribution in [1.82, 2.24) is 24.7 Å². The van der Waals surface area contributed by atoms with Crippen LogP contribution in [-0.2, 0) is 11.5 Å². The zero-order valence-corrected chi connectivity index (χ0v) is 28.1. The Morgan fingerprint density at radius 2 is 1.84 bits per heavy atom. The minimum Gasteiger partial charge on any atom is -0.496 e. The Kier molecular flexibility index (Phi) is 10.6. The highest BCUT2D eigenvalue weighted by Gasteiger charge is 2.37. The van der Waals surface area contributed by atoms with E-state index in [0.29, 0.717) is 57.5 Å². The van der Waals surface area contributed by atoms with Crippen molar-refractivity contribution in [3.63, 3.8) is 0 Å². The Bertz CT molecular complexity index is 1450. The zero-order chi connectivity index (χ0) is 32.1. The van der Waals surface area contributed by atoms with Crippen LogP contribution in [0.15, 0.2) is 42.6 Å². The van der Waals surface area contributed by atoms with Gasteiger partial charge >= 0.3 is 12.1 Å². The van der Waals surface area contributed by atoms with E-state index in [1.165, 1.54) is 4.90 Å². The minimum absolute atomic E-state index is 0.116. The first-order valence-corrected chi connectivity index (χ1v) is 19.0. The molecule has 3 amide bonds. The first-order chi connectivity index (χ1) is 20.8. The van der Waals surface area contributed by atoms with Crippen LogP contribution in [0.25, 0.3) is 22.2 Å². The summed E-state index contributed by atoms with van der Waals surface area (Å²) in [5.41, 5.74) is 2.46. The minimum atomic E-state index is -1.23. The quantitative estimate of drug-likeness (QED) is 0.181. The first kappa shape index (κ1) is 33.3. The van der Waals surface area contributed by atoms with Crippen molar-refractivity contribution in [2.24, 2.45) is 5.41 Å². The molecule has 1 fully saturated rings. The molecule has 3 N–H and O–H groups in total. The number of carbonyl (C=O) groups excluding carboxylic acids is 1. The number of carboxylic acid groups (broad SMARTS) is 1. The largest absolute Gasteiger partial charge is 0.496 e. The third-order valence-corrected chi connectivity index (χ3v) is 9.72. The number of rotatable bonds is 11. The molecule has 1 saturated heterocycles. The van der Waals surface area contributed by atoms with Crippen LogP contribution in [-0.4, -0.2) is 97.1 Å². The molecule has 1 aromatic carbocycles. The number of aromatic nitrogens is 2. The first-order valence-electron chi connectivity index (χ1n) is 15.2. The predicted molar refractivity (Wildman–Crippen MR) is 177 cm³/mol. The lowest BCUT2D eigenvalue weighted by Gasteiger charge is -2.46. The summed E-state index contributed by atoms with van der Waals surface area (Å²) < 4.78 is 13.7. The number of anilines is 1. The average molecular weight is 625 g/mol. The number of amides is 3. The van der Waals surface area contributed by atoms with Gasteiger partial charge in [0, 0.05) is 70.1 Å². The Morgan fingerprint density at radius 3 is 2.52 bits per heavy atom. The van der Waals surface area contributed by atoms with Crippen molar-refractivity contribution >= 4 is 37.0 Å². The smallest absolute Gasteiger partial charge is 0.407 e. The van der Waals surface area contributed by atoms with Crippen LogP contribution in [0.4, 0.5) is 15.4 Å². The Morgan fingerprint density at radius 1 is 1.09 bits per heavy atom. The number of pyridine rings is 1. The number of piperazine rings is 1. The Labute approximate surface area is 261 Å². The number of nitrogens with one attached hydrogen (secondary N) is 2. The molecule has 1 unspecified atom stereocenters. The highest BCUT2D eigenvalue weighted by atomic mass is 28.3. The van der Waals surface area contributed by atoms with Crippen LogP contribution in [0.5, 0.6) is 5.75 Å². The highest BCUT2D eigenvalue weighted by Crippen LogP contribution is 2.36. The van der Waals surface area contributed by atoms with Crippen LogP contribution in [0.2, 0.25) is 25.7 Å². The molecule has 240 valence electrons. The van der Waals surface area contributed by atoms with Crippen LogP contribution >= 0.6 is 0 Å². The van der Waals surface area contributed by atoms with Crippen molar-refractivity contribution in [1.29, 1.82) is 0 Å². The molecule has 0 spiro atoms. The molecule has 0 aliphatic carbocycles. The van der Waals surface area contributed by atoms with Gasteiger partial charge in [-0.3, -0.25) is 10.2 Å². The van der Waals surface area contributed by atoms with E-state index in [-0.39, 0.29) is 17.5 Å². The molecule has 1 atom stereocenters. The van der Waals surface area contributed by atoms with E-state index in [2.05, 4.69) is 55.9 Å². The zero-order valence-electron chi connectivity index (χ0n) is 27.1. The van der Waals surface area contributed by atoms with E-state index in [0.717, 1.165) is 28.3 Å². The van der Waals surface area contributed by atoms with E-state index in [9.17, 15) is 14.7 Å². The van der Waals surface area contributed by atoms with E-state index in [1.54, 1.807) is 13.2 Å². The molecular formula is C32H48N6O5Si. The van der Waals surface area contributed by atoms with Crippen molar-refractivity contribution in [3.05, 3.63) is 42.6 Å². The number of hydrogen-bond donors (Lipinski definition) is 3. The van der Waals surface area contributed by atoms with E-state index < -0.39 is 14.2 Å². The topological polar surface area (TPSA) is 121 Å². The maximum absolute atomic E-state index is 12.8. The molecule has 0 bridgehead atoms. The number of benzene rings is 1. The van der Waals surface area contributed by atoms with Gasteiger partial charge < -0.3 is 29.4 Å². The number of carbonyl (C=O) groups is 2. The molecule has 1 aliphatic heterocycles. The van der Waals surface area contributed by atoms with Crippen LogP contribution in [0.1, 0.15) is 20.8 Å². The summed E-state index contributed by atoms with van der Waals surface area (Å²) in [7, 11) is 0.434. The number of urea groups is 1. The molecule has 0 saturated carbocycles. The Hall–Kier alpha value is -3.61. The van der Waals surface area contributed by atoms with Gasteiger partial charge in [-0.05, 0) is 29.7 Å². The molecule has 44 heavy (non-hydrogen) atoms. The van der Waals surface area contributed by atoms with Crippen molar-refractivity contribution < 1.29 is 24.2 Å². The summed E-state index contributed by atoms with van der Waals surface area (Å²) in [4.78, 5) is 33.1. The number of fused-ring (bicyclic) bond motifs is 1. The van der Waals surface area contributed by atoms with Gasteiger partial charge in [0.15, 0.2) is 0 Å². The summed E-state index contributed by atoms with van der Waals surface area (Å²) in [5.74, 6) is 1.21. The molecule has 12 heteroatoms. The second kappa shape index (κ2) is 14.0. The van der Waals surface area contributed by atoms with Gasteiger partial charge in [-0.25, -0.2) is 14.6 Å². The lowest BCUT2D eigenvalue weighted by Crippen LogP contribution is -2.60. The normalized spacial score (nSPS) is 16.2. The SMILES string of the molecule is COc1ccccc1-c1cn(COCC[Si](C)(C)C)c2nc(NC(=O)NCCN3CCN(C(=O)O)C(C(C)(C)C)C3)ccc12. The van der Waals surface area contributed by atoms with Crippen molar-refractivity contribution in [2.45, 2.75) is 59.2 Å². The maximum Gasteiger partial charge on any atom is 0.407 e. The van der Waals surface area contributed by atoms with Gasteiger partial charge in [0.1, 0.15) is 23.9 Å². The van der Waals surface area contributed by atoms with Gasteiger partial charge in [-0.1, -0.05) is 58.6 Å². The van der Waals surface area contributed by atoms with Crippen molar-refractivity contribution in [2.75, 3.05) is 51.8 Å². The average Bonchev–Trinajstić information content (AvgIpc) is 3.31. The fourth-order valence-corrected chi connectivity index (χ4v) is 6.21. The fourth-order valence-electron chi connectivity index (χ4n) is 5.46. The molecule has 1 aliphatic rings. The summed E-state index contributed by atoms with van der Waals surface area (Å²) in [6.07, 6.45) is 1.15. The van der Waals surface area contributed by atoms with Crippen LogP contribution in [0, 0.1) is 5.41 Å². The monoisotopic (exact) mass is 624 g/mol. The highest BCUT2D eigenvalue weighted by molar-refractivity contribution is 6.76. The van der Waals surface area contributed by atoms with Gasteiger partial charge in [0.2, 0.25) is 0 Å². The third-order valence-electron chi connectivity index (χ3n) is 8.01. The van der Waals surface area contributed by atoms with E-state index in [1.807, 2.05) is 41.1 Å². The molecule has 4 rings (SSSR count).